The van der Waals surface area contributed by atoms with E-state index in [2.05, 4.69) is 11.5 Å². The summed E-state index contributed by atoms with van der Waals surface area (Å²) >= 11 is 0. The van der Waals surface area contributed by atoms with Crippen LogP contribution in [0, 0.1) is 11.3 Å². The lowest BCUT2D eigenvalue weighted by Crippen LogP contribution is -2.21. The molecule has 1 aromatic carbocycles. The summed E-state index contributed by atoms with van der Waals surface area (Å²) in [5.41, 5.74) is 4.58. The first-order valence-corrected chi connectivity index (χ1v) is 5.14. The van der Waals surface area contributed by atoms with Crippen molar-refractivity contribution >= 4 is 0 Å². The van der Waals surface area contributed by atoms with Crippen molar-refractivity contribution in [2.24, 2.45) is 0 Å². The first-order valence-electron chi connectivity index (χ1n) is 5.14. The average molecular weight is 220 g/mol. The zero-order valence-electron chi connectivity index (χ0n) is 9.56. The summed E-state index contributed by atoms with van der Waals surface area (Å²) in [5.74, 6) is 0. The number of hydroxylamine groups is 1. The maximum atomic E-state index is 8.77. The zero-order chi connectivity index (χ0) is 11.8. The summed E-state index contributed by atoms with van der Waals surface area (Å²) in [6, 6.07) is 9.60. The predicted octanol–water partition coefficient (Wildman–Crippen LogP) is 1.79. The number of rotatable bonds is 6. The Bertz CT molecular complexity index is 360. The topological polar surface area (TPSA) is 54.3 Å². The number of ether oxygens (including phenoxy) is 1. The molecule has 86 valence electrons. The fourth-order valence-electron chi connectivity index (χ4n) is 1.25. The molecule has 0 fully saturated rings. The van der Waals surface area contributed by atoms with Crippen molar-refractivity contribution in [1.82, 2.24) is 5.48 Å². The van der Waals surface area contributed by atoms with Crippen LogP contribution >= 0.6 is 0 Å². The van der Waals surface area contributed by atoms with E-state index in [1.54, 1.807) is 13.2 Å². The average Bonchev–Trinajstić information content (AvgIpc) is 2.34. The maximum absolute atomic E-state index is 8.77. The Labute approximate surface area is 95.7 Å². The highest BCUT2D eigenvalue weighted by Crippen LogP contribution is 2.13. The second kappa shape index (κ2) is 6.96. The molecule has 0 aliphatic carbocycles. The smallest absolute Gasteiger partial charge is 0.0991 e. The van der Waals surface area contributed by atoms with E-state index in [0.717, 1.165) is 5.56 Å². The molecule has 1 rings (SSSR count). The van der Waals surface area contributed by atoms with E-state index in [1.807, 2.05) is 25.1 Å². The molecule has 1 aromatic rings. The molecular weight excluding hydrogens is 204 g/mol. The molecule has 4 heteroatoms. The monoisotopic (exact) mass is 220 g/mol. The Balaban J connectivity index is 2.46. The second-order valence-corrected chi connectivity index (χ2v) is 3.42. The normalized spacial score (nSPS) is 12.1. The minimum absolute atomic E-state index is 0.0464. The van der Waals surface area contributed by atoms with Gasteiger partial charge in [-0.05, 0) is 24.6 Å². The third kappa shape index (κ3) is 3.99. The molecule has 1 unspecified atom stereocenters. The number of nitrogens with one attached hydrogen (secondary N) is 1. The quantitative estimate of drug-likeness (QED) is 0.586. The van der Waals surface area contributed by atoms with Crippen molar-refractivity contribution in [3.05, 3.63) is 35.4 Å². The number of methoxy groups -OCH3 is 1. The van der Waals surface area contributed by atoms with Gasteiger partial charge in [0.05, 0.1) is 30.9 Å². The molecule has 0 amide bonds. The van der Waals surface area contributed by atoms with Crippen molar-refractivity contribution in [1.29, 1.82) is 5.26 Å². The zero-order valence-corrected chi connectivity index (χ0v) is 9.56. The van der Waals surface area contributed by atoms with E-state index in [-0.39, 0.29) is 6.04 Å². The maximum Gasteiger partial charge on any atom is 0.0991 e. The van der Waals surface area contributed by atoms with Crippen LogP contribution in [0.15, 0.2) is 24.3 Å². The van der Waals surface area contributed by atoms with Gasteiger partial charge >= 0.3 is 0 Å². The van der Waals surface area contributed by atoms with Gasteiger partial charge in [-0.2, -0.15) is 10.7 Å². The molecule has 0 saturated heterocycles. The Morgan fingerprint density at radius 3 is 2.94 bits per heavy atom. The van der Waals surface area contributed by atoms with Gasteiger partial charge in [0.2, 0.25) is 0 Å². The molecule has 4 nitrogen and oxygen atoms in total. The van der Waals surface area contributed by atoms with E-state index in [4.69, 9.17) is 14.8 Å². The van der Waals surface area contributed by atoms with Gasteiger partial charge in [0.1, 0.15) is 0 Å². The fraction of sp³-hybridized carbons (Fsp3) is 0.417. The van der Waals surface area contributed by atoms with Crippen LogP contribution < -0.4 is 5.48 Å². The van der Waals surface area contributed by atoms with Crippen molar-refractivity contribution < 1.29 is 9.57 Å². The molecule has 1 N–H and O–H groups in total. The number of benzene rings is 1. The van der Waals surface area contributed by atoms with Crippen LogP contribution in [0.5, 0.6) is 0 Å². The highest BCUT2D eigenvalue weighted by molar-refractivity contribution is 5.33. The highest BCUT2D eigenvalue weighted by atomic mass is 16.7. The molecule has 0 radical (unpaired) electrons. The van der Waals surface area contributed by atoms with Crippen molar-refractivity contribution in [3.8, 4) is 6.07 Å². The lowest BCUT2D eigenvalue weighted by Gasteiger charge is -2.14. The first-order chi connectivity index (χ1) is 7.77. The van der Waals surface area contributed by atoms with Crippen molar-refractivity contribution in [2.75, 3.05) is 20.3 Å². The minimum Gasteiger partial charge on any atom is -0.382 e. The van der Waals surface area contributed by atoms with Crippen LogP contribution in [0.4, 0.5) is 0 Å². The lowest BCUT2D eigenvalue weighted by atomic mass is 10.1. The molecule has 16 heavy (non-hydrogen) atoms. The molecule has 0 aliphatic heterocycles. The Kier molecular flexibility index (Phi) is 5.51. The summed E-state index contributed by atoms with van der Waals surface area (Å²) in [5, 5.41) is 8.77. The summed E-state index contributed by atoms with van der Waals surface area (Å²) in [6.07, 6.45) is 0. The second-order valence-electron chi connectivity index (χ2n) is 3.42. The summed E-state index contributed by atoms with van der Waals surface area (Å²) in [4.78, 5) is 5.21. The predicted molar refractivity (Wildman–Crippen MR) is 60.5 cm³/mol. The van der Waals surface area contributed by atoms with E-state index in [0.29, 0.717) is 18.8 Å². The van der Waals surface area contributed by atoms with Crippen LogP contribution in [0.25, 0.3) is 0 Å². The van der Waals surface area contributed by atoms with E-state index in [9.17, 15) is 0 Å². The number of hydrogen-bond acceptors (Lipinski definition) is 4. The summed E-state index contributed by atoms with van der Waals surface area (Å²) in [7, 11) is 1.63. The van der Waals surface area contributed by atoms with Crippen LogP contribution in [-0.4, -0.2) is 20.3 Å². The SMILES string of the molecule is COCCONC(C)c1cccc(C#N)c1. The fourth-order valence-corrected chi connectivity index (χ4v) is 1.25. The van der Waals surface area contributed by atoms with Gasteiger partial charge in [0.15, 0.2) is 0 Å². The number of hydrogen-bond donors (Lipinski definition) is 1. The molecule has 0 heterocycles. The number of nitriles is 1. The third-order valence-corrected chi connectivity index (χ3v) is 2.17. The minimum atomic E-state index is 0.0464. The van der Waals surface area contributed by atoms with Gasteiger partial charge in [-0.25, -0.2) is 0 Å². The molecule has 0 aromatic heterocycles. The molecule has 0 spiro atoms. The molecule has 1 atom stereocenters. The van der Waals surface area contributed by atoms with Gasteiger partial charge in [-0.15, -0.1) is 0 Å². The van der Waals surface area contributed by atoms with Crippen molar-refractivity contribution in [2.45, 2.75) is 13.0 Å². The van der Waals surface area contributed by atoms with Crippen LogP contribution in [0.3, 0.4) is 0 Å². The van der Waals surface area contributed by atoms with Crippen LogP contribution in [-0.2, 0) is 9.57 Å². The van der Waals surface area contributed by atoms with Crippen LogP contribution in [0.1, 0.15) is 24.1 Å². The Morgan fingerprint density at radius 1 is 1.44 bits per heavy atom. The van der Waals surface area contributed by atoms with Gasteiger partial charge < -0.3 is 4.74 Å². The lowest BCUT2D eigenvalue weighted by molar-refractivity contribution is -0.00925. The van der Waals surface area contributed by atoms with E-state index in [1.165, 1.54) is 0 Å². The van der Waals surface area contributed by atoms with Gasteiger partial charge in [0, 0.05) is 7.11 Å². The molecule has 0 bridgehead atoms. The van der Waals surface area contributed by atoms with Gasteiger partial charge in [0.25, 0.3) is 0 Å². The van der Waals surface area contributed by atoms with Crippen LogP contribution in [0.2, 0.25) is 0 Å². The van der Waals surface area contributed by atoms with Crippen molar-refractivity contribution in [3.63, 3.8) is 0 Å². The third-order valence-electron chi connectivity index (χ3n) is 2.17. The highest BCUT2D eigenvalue weighted by Gasteiger charge is 2.05. The van der Waals surface area contributed by atoms with Gasteiger partial charge in [-0.1, -0.05) is 12.1 Å². The molecule has 0 saturated carbocycles. The molecular formula is C12H16N2O2. The Hall–Kier alpha value is -1.41. The first kappa shape index (κ1) is 12.7. The number of nitrogens with zero attached hydrogens (tertiary/aromatic N) is 1. The van der Waals surface area contributed by atoms with E-state index < -0.39 is 0 Å². The molecule has 0 aliphatic rings. The Morgan fingerprint density at radius 2 is 2.25 bits per heavy atom. The standard InChI is InChI=1S/C12H16N2O2/c1-10(14-16-7-6-15-2)12-5-3-4-11(8-12)9-13/h3-5,8,10,14H,6-7H2,1-2H3. The summed E-state index contributed by atoms with van der Waals surface area (Å²) in [6.45, 7) is 3.03. The largest absolute Gasteiger partial charge is 0.382 e. The summed E-state index contributed by atoms with van der Waals surface area (Å²) < 4.78 is 4.86. The van der Waals surface area contributed by atoms with E-state index >= 15 is 0 Å². The van der Waals surface area contributed by atoms with Gasteiger partial charge in [-0.3, -0.25) is 4.84 Å².